The van der Waals surface area contributed by atoms with Crippen LogP contribution in [0, 0.1) is 11.7 Å². The predicted octanol–water partition coefficient (Wildman–Crippen LogP) is 4.38. The van der Waals surface area contributed by atoms with Crippen LogP contribution in [0.1, 0.15) is 41.6 Å². The molecule has 2 aromatic rings. The maximum absolute atomic E-state index is 14.6. The summed E-state index contributed by atoms with van der Waals surface area (Å²) < 4.78 is 31.5. The molecule has 0 unspecified atom stereocenters. The molecule has 2 aromatic carbocycles. The van der Waals surface area contributed by atoms with Crippen LogP contribution in [0.5, 0.6) is 11.5 Å². The standard InChI is InChI=1S/C27H35FN2O4/c1-32-23-10-9-21(25(28)17-23)18-29-12-4-3-6-22-19-30(13-11-26(22)33-2)27(31)20-7-5-8-24(16-20)34-15-14-29/h5,7-10,16-17,22,26H,3-4,6,11-15,18-19H2,1-2H3/t22-,26+/m1/s1. The van der Waals surface area contributed by atoms with Crippen molar-refractivity contribution < 1.29 is 23.4 Å². The van der Waals surface area contributed by atoms with Gasteiger partial charge < -0.3 is 19.1 Å². The number of fused-ring (bicyclic) bond motifs is 4. The second-order valence-electron chi connectivity index (χ2n) is 9.18. The molecule has 2 aliphatic rings. The molecule has 6 nitrogen and oxygen atoms in total. The summed E-state index contributed by atoms with van der Waals surface area (Å²) in [6, 6.07) is 12.4. The van der Waals surface area contributed by atoms with Crippen molar-refractivity contribution >= 4 is 5.91 Å². The number of piperidine rings is 1. The lowest BCUT2D eigenvalue weighted by Crippen LogP contribution is -2.46. The monoisotopic (exact) mass is 470 g/mol. The highest BCUT2D eigenvalue weighted by molar-refractivity contribution is 5.94. The lowest BCUT2D eigenvalue weighted by atomic mass is 9.89. The quantitative estimate of drug-likeness (QED) is 0.664. The highest BCUT2D eigenvalue weighted by Gasteiger charge is 2.31. The number of rotatable bonds is 4. The Morgan fingerprint density at radius 1 is 1.06 bits per heavy atom. The van der Waals surface area contributed by atoms with Crippen molar-refractivity contribution in [2.75, 3.05) is 47.0 Å². The van der Waals surface area contributed by atoms with Crippen LogP contribution in [0.25, 0.3) is 0 Å². The number of ether oxygens (including phenoxy) is 3. The lowest BCUT2D eigenvalue weighted by molar-refractivity contribution is -0.00677. The number of carbonyl (C=O) groups excluding carboxylic acids is 1. The van der Waals surface area contributed by atoms with E-state index in [2.05, 4.69) is 4.90 Å². The zero-order valence-electron chi connectivity index (χ0n) is 20.2. The minimum atomic E-state index is -0.257. The van der Waals surface area contributed by atoms with Gasteiger partial charge in [-0.05, 0) is 50.1 Å². The summed E-state index contributed by atoms with van der Waals surface area (Å²) in [6.45, 7) is 3.91. The molecule has 0 aliphatic carbocycles. The average Bonchev–Trinajstić information content (AvgIpc) is 2.86. The molecule has 2 aliphatic heterocycles. The third kappa shape index (κ3) is 6.07. The maximum atomic E-state index is 14.6. The molecule has 0 N–H and O–H groups in total. The Morgan fingerprint density at radius 3 is 2.74 bits per heavy atom. The smallest absolute Gasteiger partial charge is 0.254 e. The molecule has 1 fully saturated rings. The van der Waals surface area contributed by atoms with E-state index in [4.69, 9.17) is 14.2 Å². The van der Waals surface area contributed by atoms with Gasteiger partial charge in [0.15, 0.2) is 0 Å². The molecule has 0 spiro atoms. The lowest BCUT2D eigenvalue weighted by Gasteiger charge is -2.38. The number of carbonyl (C=O) groups is 1. The largest absolute Gasteiger partial charge is 0.497 e. The number of methoxy groups -OCH3 is 2. The molecule has 184 valence electrons. The van der Waals surface area contributed by atoms with E-state index < -0.39 is 0 Å². The fraction of sp³-hybridized carbons (Fsp3) is 0.519. The van der Waals surface area contributed by atoms with Crippen LogP contribution >= 0.6 is 0 Å². The van der Waals surface area contributed by atoms with E-state index in [1.165, 1.54) is 13.2 Å². The summed E-state index contributed by atoms with van der Waals surface area (Å²) in [5.41, 5.74) is 1.30. The molecule has 0 radical (unpaired) electrons. The molecule has 4 rings (SSSR count). The van der Waals surface area contributed by atoms with Crippen molar-refractivity contribution in [2.24, 2.45) is 5.92 Å². The van der Waals surface area contributed by atoms with Crippen molar-refractivity contribution in [1.29, 1.82) is 0 Å². The molecule has 4 bridgehead atoms. The van der Waals surface area contributed by atoms with Gasteiger partial charge in [-0.25, -0.2) is 4.39 Å². The van der Waals surface area contributed by atoms with E-state index in [1.54, 1.807) is 19.2 Å². The van der Waals surface area contributed by atoms with Gasteiger partial charge in [-0.1, -0.05) is 18.6 Å². The predicted molar refractivity (Wildman–Crippen MR) is 129 cm³/mol. The molecule has 2 atom stereocenters. The number of hydrogen-bond donors (Lipinski definition) is 0. The number of benzene rings is 2. The Bertz CT molecular complexity index is 969. The molecular weight excluding hydrogens is 435 g/mol. The second-order valence-corrected chi connectivity index (χ2v) is 9.18. The molecule has 1 amide bonds. The Balaban J connectivity index is 1.50. The Morgan fingerprint density at radius 2 is 1.94 bits per heavy atom. The SMILES string of the molecule is COc1ccc(CN2CCCC[C@@H]3CN(CC[C@@H]3OC)C(=O)c3cccc(c3)OCC2)c(F)c1. The Labute approximate surface area is 201 Å². The van der Waals surface area contributed by atoms with Gasteiger partial charge >= 0.3 is 0 Å². The van der Waals surface area contributed by atoms with E-state index in [9.17, 15) is 9.18 Å². The van der Waals surface area contributed by atoms with Crippen molar-refractivity contribution in [3.05, 3.63) is 59.4 Å². The summed E-state index contributed by atoms with van der Waals surface area (Å²) in [7, 11) is 3.31. The van der Waals surface area contributed by atoms with E-state index in [-0.39, 0.29) is 17.8 Å². The van der Waals surface area contributed by atoms with Crippen LogP contribution in [-0.4, -0.2) is 68.8 Å². The van der Waals surface area contributed by atoms with Crippen molar-refractivity contribution in [3.63, 3.8) is 0 Å². The maximum Gasteiger partial charge on any atom is 0.254 e. The fourth-order valence-corrected chi connectivity index (χ4v) is 5.01. The van der Waals surface area contributed by atoms with Gasteiger partial charge in [0, 0.05) is 56.4 Å². The van der Waals surface area contributed by atoms with Crippen molar-refractivity contribution in [1.82, 2.24) is 9.80 Å². The summed E-state index contributed by atoms with van der Waals surface area (Å²) in [5.74, 6) is 1.31. The molecule has 1 saturated heterocycles. The molecule has 7 heteroatoms. The van der Waals surface area contributed by atoms with Gasteiger partial charge in [0.05, 0.1) is 13.2 Å². The average molecular weight is 471 g/mol. The number of hydrogen-bond acceptors (Lipinski definition) is 5. The van der Waals surface area contributed by atoms with Crippen LogP contribution < -0.4 is 9.47 Å². The highest BCUT2D eigenvalue weighted by Crippen LogP contribution is 2.27. The minimum absolute atomic E-state index is 0.0523. The van der Waals surface area contributed by atoms with Crippen LogP contribution in [0.2, 0.25) is 0 Å². The van der Waals surface area contributed by atoms with Gasteiger partial charge in [-0.15, -0.1) is 0 Å². The van der Waals surface area contributed by atoms with Crippen LogP contribution in [0.4, 0.5) is 4.39 Å². The van der Waals surface area contributed by atoms with Gasteiger partial charge in [0.25, 0.3) is 5.91 Å². The molecule has 0 saturated carbocycles. The van der Waals surface area contributed by atoms with E-state index in [1.807, 2.05) is 29.2 Å². The zero-order chi connectivity index (χ0) is 23.9. The first-order chi connectivity index (χ1) is 16.6. The Kier molecular flexibility index (Phi) is 8.40. The minimum Gasteiger partial charge on any atom is -0.497 e. The Hall–Kier alpha value is -2.64. The van der Waals surface area contributed by atoms with Gasteiger partial charge in [-0.2, -0.15) is 0 Å². The van der Waals surface area contributed by atoms with Crippen LogP contribution in [0.15, 0.2) is 42.5 Å². The van der Waals surface area contributed by atoms with Gasteiger partial charge in [0.2, 0.25) is 0 Å². The molecule has 0 aromatic heterocycles. The third-order valence-electron chi connectivity index (χ3n) is 6.96. The number of amides is 1. The van der Waals surface area contributed by atoms with Gasteiger partial charge in [-0.3, -0.25) is 9.69 Å². The van der Waals surface area contributed by atoms with Crippen molar-refractivity contribution in [3.8, 4) is 11.5 Å². The van der Waals surface area contributed by atoms with E-state index >= 15 is 0 Å². The topological polar surface area (TPSA) is 51.2 Å². The van der Waals surface area contributed by atoms with Crippen LogP contribution in [0.3, 0.4) is 0 Å². The van der Waals surface area contributed by atoms with Crippen molar-refractivity contribution in [2.45, 2.75) is 38.3 Å². The normalized spacial score (nSPS) is 22.4. The van der Waals surface area contributed by atoms with Gasteiger partial charge in [0.1, 0.15) is 23.9 Å². The first-order valence-electron chi connectivity index (χ1n) is 12.2. The summed E-state index contributed by atoms with van der Waals surface area (Å²) in [6.07, 6.45) is 4.06. The second kappa shape index (κ2) is 11.7. The molecular formula is C27H35FN2O4. The van der Waals surface area contributed by atoms with E-state index in [0.29, 0.717) is 61.3 Å². The summed E-state index contributed by atoms with van der Waals surface area (Å²) >= 11 is 0. The fourth-order valence-electron chi connectivity index (χ4n) is 5.01. The highest BCUT2D eigenvalue weighted by atomic mass is 19.1. The van der Waals surface area contributed by atoms with Crippen LogP contribution in [-0.2, 0) is 11.3 Å². The summed E-state index contributed by atoms with van der Waals surface area (Å²) in [5, 5.41) is 0. The number of nitrogens with zero attached hydrogens (tertiary/aromatic N) is 2. The molecule has 2 heterocycles. The first-order valence-corrected chi connectivity index (χ1v) is 12.2. The third-order valence-corrected chi connectivity index (χ3v) is 6.96. The number of halogens is 1. The first kappa shape index (κ1) is 24.5. The van der Waals surface area contributed by atoms with E-state index in [0.717, 1.165) is 32.2 Å². The summed E-state index contributed by atoms with van der Waals surface area (Å²) in [4.78, 5) is 17.4. The molecule has 34 heavy (non-hydrogen) atoms. The zero-order valence-corrected chi connectivity index (χ0v) is 20.2.